The molecular formula is C94H149N11O17P3S3+. The molecule has 2 saturated heterocycles. The molecule has 0 bridgehead atoms. The number of amides is 3. The summed E-state index contributed by atoms with van der Waals surface area (Å²) in [6.07, 6.45) is 35.7. The number of aliphatic imine (C=N–C) groups is 1. The van der Waals surface area contributed by atoms with Gasteiger partial charge in [-0.15, -0.1) is 9.05 Å². The molecule has 2 aromatic heterocycles. The molecule has 714 valence electrons. The summed E-state index contributed by atoms with van der Waals surface area (Å²) in [4.78, 5) is 87.1. The highest BCUT2D eigenvalue weighted by Crippen LogP contribution is 2.76. The summed E-state index contributed by atoms with van der Waals surface area (Å²) in [6.45, 7) is 12.3. The first kappa shape index (κ1) is 98.3. The molecule has 16 rings (SSSR count). The maximum atomic E-state index is 13.7. The van der Waals surface area contributed by atoms with Crippen LogP contribution in [-0.2, 0) is 86.3 Å². The first-order chi connectivity index (χ1) is 61.3. The quantitative estimate of drug-likeness (QED) is 0.0202. The van der Waals surface area contributed by atoms with E-state index < -0.39 is 94.6 Å². The number of nitrogen functional groups attached to an aromatic ring is 1. The highest BCUT2D eigenvalue weighted by Gasteiger charge is 2.68. The number of carbonyl (C=O) groups is 3. The minimum absolute atomic E-state index is 0.00256. The second-order valence-electron chi connectivity index (χ2n) is 42.0. The van der Waals surface area contributed by atoms with E-state index in [1.165, 1.54) is 184 Å². The van der Waals surface area contributed by atoms with E-state index in [1.807, 2.05) is 6.07 Å². The number of rotatable bonds is 33. The van der Waals surface area contributed by atoms with E-state index in [1.54, 1.807) is 35.2 Å². The lowest BCUT2D eigenvalue weighted by Gasteiger charge is -2.63. The van der Waals surface area contributed by atoms with E-state index >= 15 is 0 Å². The Morgan fingerprint density at radius 1 is 0.711 bits per heavy atom. The molecule has 3 amide bonds. The average Bonchev–Trinajstić information content (AvgIpc) is 1.53. The van der Waals surface area contributed by atoms with Crippen LogP contribution in [0.1, 0.15) is 304 Å². The number of hydrogen-bond acceptors (Lipinski definition) is 24. The Bertz CT molecular complexity index is 4510. The zero-order chi connectivity index (χ0) is 90.7. The summed E-state index contributed by atoms with van der Waals surface area (Å²) in [5.41, 5.74) is 14.6. The van der Waals surface area contributed by atoms with Crippen LogP contribution in [-0.4, -0.2) is 147 Å². The first-order valence-electron chi connectivity index (χ1n) is 48.9. The number of aliphatic hydroxyl groups excluding tert-OH is 1. The smallest absolute Gasteiger partial charge is 0.446 e. The fourth-order valence-corrected chi connectivity index (χ4v) is 32.2. The van der Waals surface area contributed by atoms with Crippen molar-refractivity contribution in [2.75, 3.05) is 57.7 Å². The zero-order valence-electron chi connectivity index (χ0n) is 77.2. The van der Waals surface area contributed by atoms with Crippen LogP contribution in [0.25, 0.3) is 0 Å². The summed E-state index contributed by atoms with van der Waals surface area (Å²) in [5, 5.41) is 23.0. The van der Waals surface area contributed by atoms with Gasteiger partial charge in [0.25, 0.3) is 0 Å². The minimum Gasteiger partial charge on any atom is -0.446 e. The Morgan fingerprint density at radius 3 is 2.04 bits per heavy atom. The first-order valence-corrected chi connectivity index (χ1v) is 56.2. The Kier molecular flexibility index (Phi) is 32.4. The molecule has 24 unspecified atom stereocenters. The number of ether oxygens (including phenoxy) is 4. The van der Waals surface area contributed by atoms with E-state index in [2.05, 4.69) is 91.6 Å². The van der Waals surface area contributed by atoms with Gasteiger partial charge in [0.15, 0.2) is 6.10 Å². The second-order valence-corrected chi connectivity index (χ2v) is 49.5. The van der Waals surface area contributed by atoms with Crippen molar-refractivity contribution >= 4 is 91.6 Å². The van der Waals surface area contributed by atoms with Crippen molar-refractivity contribution < 1.29 is 75.4 Å². The summed E-state index contributed by atoms with van der Waals surface area (Å²) in [6, 6.07) is 9.43. The van der Waals surface area contributed by atoms with Gasteiger partial charge < -0.3 is 84.7 Å². The van der Waals surface area contributed by atoms with E-state index in [4.69, 9.17) is 93.0 Å². The molecule has 3 aromatic rings. The van der Waals surface area contributed by atoms with Crippen LogP contribution in [0, 0.1) is 104 Å². The van der Waals surface area contributed by atoms with Crippen molar-refractivity contribution in [2.45, 2.75) is 335 Å². The summed E-state index contributed by atoms with van der Waals surface area (Å²) in [7, 11) is -1.08. The van der Waals surface area contributed by atoms with Gasteiger partial charge in [-0.05, 0) is 293 Å². The molecule has 12 fully saturated rings. The molecule has 34 heteroatoms. The highest BCUT2D eigenvalue weighted by molar-refractivity contribution is 8.07. The predicted octanol–water partition coefficient (Wildman–Crippen LogP) is 18.2. The Morgan fingerprint density at radius 2 is 1.36 bits per heavy atom. The number of amidine groups is 1. The number of fused-ring (bicyclic) bond motifs is 12. The number of imidazole rings is 1. The second kappa shape index (κ2) is 42.2. The van der Waals surface area contributed by atoms with Crippen molar-refractivity contribution in [1.29, 1.82) is 0 Å². The van der Waals surface area contributed by atoms with Crippen molar-refractivity contribution in [3.8, 4) is 0 Å². The summed E-state index contributed by atoms with van der Waals surface area (Å²) >= 11 is 16.5. The highest BCUT2D eigenvalue weighted by atomic mass is 32.5. The van der Waals surface area contributed by atoms with Gasteiger partial charge in [-0.1, -0.05) is 131 Å². The lowest BCUT2D eigenvalue weighted by Crippen LogP contribution is -2.56. The van der Waals surface area contributed by atoms with Gasteiger partial charge in [-0.3, -0.25) is 13.9 Å². The molecule has 1 aromatic carbocycles. The number of benzene rings is 1. The number of unbranched alkanes of at least 4 members (excludes halogenated alkanes) is 3. The van der Waals surface area contributed by atoms with E-state index in [-0.39, 0.29) is 80.4 Å². The van der Waals surface area contributed by atoms with Crippen molar-refractivity contribution in [3.05, 3.63) is 70.7 Å². The molecule has 28 nitrogen and oxygen atoms in total. The maximum absolute atomic E-state index is 13.7. The third-order valence-corrected chi connectivity index (χ3v) is 39.7. The SMILES string of the molecule is CCCCCCC1CCC2C3CCC4CC(OC(=O)NCC5CCCC(C)C5)CCC4(C)C3CCC12C.COP(O)(=S)OC[C@H]1O[C@@H](n2ccc(N)nc2=O)C[C@H]1OP(O)(=S)OC[C@H]1O[C@@H](n2cnc3c2NCN=C3N)C[C@H]1O[P+](=S)OC(c1ccccc1)C(CO)NC(=O)CCCNC(=O)OC1CCC2(C)C(CCC3C2CCC2(C)C3CCC23CCCC3C(C)C)C1. The van der Waals surface area contributed by atoms with Gasteiger partial charge in [0.2, 0.25) is 17.7 Å². The Balaban J connectivity index is 0.000000282. The number of carbonyl (C=O) groups excluding carboxylic acids is 3. The van der Waals surface area contributed by atoms with Crippen LogP contribution < -0.4 is 38.4 Å². The molecular weight excluding hydrogens is 1740 g/mol. The number of aliphatic hydroxyl groups is 1. The molecule has 10 aliphatic carbocycles. The summed E-state index contributed by atoms with van der Waals surface area (Å²) < 4.78 is 63.2. The molecule has 3 aliphatic heterocycles. The fraction of sp³-hybridized carbons (Fsp3) is 0.819. The number of nitrogens with zero attached hydrogens (tertiary/aromatic N) is 5. The van der Waals surface area contributed by atoms with Crippen LogP contribution in [0.4, 0.5) is 21.2 Å². The molecule has 128 heavy (non-hydrogen) atoms. The van der Waals surface area contributed by atoms with Crippen molar-refractivity contribution in [3.63, 3.8) is 0 Å². The molecule has 1 spiro atoms. The molecule has 10 saturated carbocycles. The predicted molar refractivity (Wildman–Crippen MR) is 504 cm³/mol. The van der Waals surface area contributed by atoms with E-state index in [9.17, 15) is 34.1 Å². The minimum atomic E-state index is -4.23. The lowest BCUT2D eigenvalue weighted by atomic mass is 9.42. The normalized spacial score (nSPS) is 37.8. The number of aromatic nitrogens is 4. The fourth-order valence-electron chi connectivity index (χ4n) is 28.6. The number of nitrogens with one attached hydrogen (secondary N) is 4. The average molecular weight is 1890 g/mol. The van der Waals surface area contributed by atoms with Gasteiger partial charge >= 0.3 is 38.5 Å². The van der Waals surface area contributed by atoms with Crippen LogP contribution in [0.2, 0.25) is 0 Å². The topological polar surface area (TPSA) is 369 Å². The number of hydrogen-bond donors (Lipinski definition) is 9. The van der Waals surface area contributed by atoms with Crippen molar-refractivity contribution in [2.24, 2.45) is 115 Å². The number of alkyl carbamates (subject to hydrolysis) is 2. The molecule has 30 atom stereocenters. The van der Waals surface area contributed by atoms with Gasteiger partial charge in [-0.2, -0.15) is 4.98 Å². The maximum Gasteiger partial charge on any atom is 0.522 e. The van der Waals surface area contributed by atoms with Crippen LogP contribution >= 0.6 is 20.6 Å². The lowest BCUT2D eigenvalue weighted by molar-refractivity contribution is -0.145. The number of nitrogens with two attached hydrogens (primary N) is 2. The molecule has 0 radical (unpaired) electrons. The van der Waals surface area contributed by atoms with Crippen LogP contribution in [0.3, 0.4) is 0 Å². The molecule has 13 aliphatic rings. The third-order valence-electron chi connectivity index (χ3n) is 35.0. The van der Waals surface area contributed by atoms with Gasteiger partial charge in [-0.25, -0.2) is 24.4 Å². The monoisotopic (exact) mass is 1890 g/mol. The standard InChI is InChI=1S/C60H89N10O15P3S3.C34H59NO2/c1-35(2)40-13-9-21-60(40)24-19-42-39-16-15-37-27-38(17-22-58(37,3)41(39)18-23-59(42,60)4)80-57(74)63-25-10-14-49(72)67-43(30-71)53(36-11-7-6-8-12-36)84-86(89)83-44-28-51(70-34-66-52-54(62)64-33-65-55(52)70)81-46(44)31-79-88(76,91)85-45-29-50(69-26-20-48(61)68-56(69)73)82-47(45)32-78-87(75,90)77-5;1-5-6-7-8-12-26-14-16-30-29-15-13-27-22-28(17-19-34(27,4)31(29)18-20-33(26,30)3)37-32(36)35-23-25-11-9-10-24(2)21-25/h6-8,11-12,20,26,34-35,37-47,50-51,53,71H,9-10,13-19,21-25,27-33H2,1-5H3,(H8-,61,62,63,64,65,67,68,72,73,74,75,76,90,91);24-31H,5-23H2,1-4H3,(H,35,36)/p+1/t37?,38?,39?,40?,41?,42?,43?,44-,45-,46-,47-,50-,51-,53?,58?,59?,60?,87?,88?;/m1./s1. The zero-order valence-corrected chi connectivity index (χ0v) is 82.3. The van der Waals surface area contributed by atoms with Gasteiger partial charge in [0, 0.05) is 45.7 Å². The van der Waals surface area contributed by atoms with Gasteiger partial charge in [0.05, 0.1) is 38.3 Å². The van der Waals surface area contributed by atoms with E-state index in [0.29, 0.717) is 57.0 Å². The Labute approximate surface area is 775 Å². The largest absolute Gasteiger partial charge is 0.522 e. The van der Waals surface area contributed by atoms with E-state index in [0.717, 1.165) is 104 Å². The van der Waals surface area contributed by atoms with Crippen LogP contribution in [0.15, 0.2) is 58.7 Å². The third kappa shape index (κ3) is 21.6. The molecule has 5 heterocycles. The Hall–Kier alpha value is -4.23. The van der Waals surface area contributed by atoms with Crippen molar-refractivity contribution in [1.82, 2.24) is 35.1 Å². The summed E-state index contributed by atoms with van der Waals surface area (Å²) in [5.74, 6) is 10.9. The van der Waals surface area contributed by atoms with Crippen LogP contribution in [0.5, 0.6) is 0 Å². The molecule has 11 N–H and O–H groups in total. The number of anilines is 2. The van der Waals surface area contributed by atoms with Gasteiger partial charge in [0.1, 0.15) is 72.8 Å².